The molecule has 0 unspecified atom stereocenters. The molecule has 0 spiro atoms. The van der Waals surface area contributed by atoms with Crippen LogP contribution in [0.15, 0.2) is 35.7 Å². The van der Waals surface area contributed by atoms with Crippen LogP contribution in [0.5, 0.6) is 0 Å². The molecule has 3 rings (SSSR count). The molecule has 1 atom stereocenters. The number of amides is 1. The van der Waals surface area contributed by atoms with E-state index in [2.05, 4.69) is 20.1 Å². The molecule has 0 radical (unpaired) electrons. The van der Waals surface area contributed by atoms with Gasteiger partial charge in [0.2, 0.25) is 5.91 Å². The van der Waals surface area contributed by atoms with Crippen molar-refractivity contribution in [2.45, 2.75) is 50.1 Å². The van der Waals surface area contributed by atoms with Gasteiger partial charge in [-0.25, -0.2) is 0 Å². The van der Waals surface area contributed by atoms with Crippen LogP contribution in [0.25, 0.3) is 0 Å². The zero-order valence-corrected chi connectivity index (χ0v) is 15.4. The molecule has 2 aromatic rings. The minimum Gasteiger partial charge on any atom is -0.326 e. The van der Waals surface area contributed by atoms with Crippen molar-refractivity contribution in [1.29, 1.82) is 0 Å². The summed E-state index contributed by atoms with van der Waals surface area (Å²) in [4.78, 5) is 24.4. The Kier molecular flexibility index (Phi) is 5.22. The van der Waals surface area contributed by atoms with Gasteiger partial charge in [-0.1, -0.05) is 25.6 Å². The standard InChI is InChI=1S/C18H22N4O2S/c1-11(2)17(24)20-14-6-4-13(5-7-14)16(23)12(3)25-18-21-19-10-22(18)15-8-9-15/h4-7,10-12,15H,8-9H2,1-3H3,(H,20,24)/t12-/m0/s1. The van der Waals surface area contributed by atoms with Crippen molar-refractivity contribution in [3.05, 3.63) is 36.2 Å². The number of hydrogen-bond acceptors (Lipinski definition) is 5. The number of Topliss-reactive ketones (excluding diaryl/α,β-unsaturated/α-hetero) is 1. The predicted molar refractivity (Wildman–Crippen MR) is 97.9 cm³/mol. The van der Waals surface area contributed by atoms with E-state index in [-0.39, 0.29) is 22.9 Å². The molecule has 0 bridgehead atoms. The first-order valence-electron chi connectivity index (χ1n) is 8.47. The van der Waals surface area contributed by atoms with Gasteiger partial charge in [0.1, 0.15) is 6.33 Å². The Morgan fingerprint density at radius 2 is 1.88 bits per heavy atom. The number of ketones is 1. The normalized spacial score (nSPS) is 15.2. The molecule has 1 fully saturated rings. The van der Waals surface area contributed by atoms with Crippen LogP contribution < -0.4 is 5.32 Å². The number of rotatable bonds is 7. The van der Waals surface area contributed by atoms with E-state index in [0.29, 0.717) is 17.3 Å². The average Bonchev–Trinajstić information content (AvgIpc) is 3.34. The van der Waals surface area contributed by atoms with Gasteiger partial charge in [-0.05, 0) is 44.0 Å². The van der Waals surface area contributed by atoms with Gasteiger partial charge in [0, 0.05) is 23.2 Å². The molecule has 1 heterocycles. The quantitative estimate of drug-likeness (QED) is 0.605. The summed E-state index contributed by atoms with van der Waals surface area (Å²) in [6.45, 7) is 5.56. The molecule has 1 aromatic carbocycles. The Labute approximate surface area is 151 Å². The Bertz CT molecular complexity index is 766. The summed E-state index contributed by atoms with van der Waals surface area (Å²) < 4.78 is 2.05. The highest BCUT2D eigenvalue weighted by atomic mass is 32.2. The van der Waals surface area contributed by atoms with Crippen LogP contribution >= 0.6 is 11.8 Å². The SMILES string of the molecule is CC(C)C(=O)Nc1ccc(C(=O)[C@H](C)Sc2nncn2C2CC2)cc1. The molecular formula is C18H22N4O2S. The molecule has 132 valence electrons. The molecular weight excluding hydrogens is 336 g/mol. The highest BCUT2D eigenvalue weighted by Crippen LogP contribution is 2.38. The average molecular weight is 358 g/mol. The third kappa shape index (κ3) is 4.28. The van der Waals surface area contributed by atoms with E-state index in [0.717, 1.165) is 18.0 Å². The first-order valence-corrected chi connectivity index (χ1v) is 9.35. The number of nitrogens with one attached hydrogen (secondary N) is 1. The van der Waals surface area contributed by atoms with Gasteiger partial charge in [0.25, 0.3) is 0 Å². The smallest absolute Gasteiger partial charge is 0.226 e. The van der Waals surface area contributed by atoms with Gasteiger partial charge in [0.15, 0.2) is 10.9 Å². The molecule has 0 saturated heterocycles. The van der Waals surface area contributed by atoms with Crippen molar-refractivity contribution in [2.24, 2.45) is 5.92 Å². The Morgan fingerprint density at radius 3 is 2.48 bits per heavy atom. The number of carbonyl (C=O) groups excluding carboxylic acids is 2. The number of thioether (sulfide) groups is 1. The van der Waals surface area contributed by atoms with Gasteiger partial charge >= 0.3 is 0 Å². The molecule has 1 saturated carbocycles. The second-order valence-electron chi connectivity index (χ2n) is 6.60. The zero-order chi connectivity index (χ0) is 18.0. The number of nitrogens with zero attached hydrogens (tertiary/aromatic N) is 3. The second kappa shape index (κ2) is 7.39. The van der Waals surface area contributed by atoms with Crippen molar-refractivity contribution in [3.8, 4) is 0 Å². The van der Waals surface area contributed by atoms with Gasteiger partial charge in [0.05, 0.1) is 5.25 Å². The number of anilines is 1. The van der Waals surface area contributed by atoms with Crippen LogP contribution in [0.4, 0.5) is 5.69 Å². The summed E-state index contributed by atoms with van der Waals surface area (Å²) in [7, 11) is 0. The van der Waals surface area contributed by atoms with Gasteiger partial charge in [-0.2, -0.15) is 0 Å². The molecule has 7 heteroatoms. The first-order chi connectivity index (χ1) is 12.0. The Balaban J connectivity index is 1.63. The molecule has 0 aliphatic heterocycles. The highest BCUT2D eigenvalue weighted by Gasteiger charge is 2.28. The summed E-state index contributed by atoms with van der Waals surface area (Å²) in [5, 5.41) is 11.5. The lowest BCUT2D eigenvalue weighted by molar-refractivity contribution is -0.118. The van der Waals surface area contributed by atoms with Crippen LogP contribution in [0.2, 0.25) is 0 Å². The number of benzene rings is 1. The van der Waals surface area contributed by atoms with Crippen LogP contribution in [-0.4, -0.2) is 31.7 Å². The lowest BCUT2D eigenvalue weighted by Gasteiger charge is -2.12. The van der Waals surface area contributed by atoms with Crippen LogP contribution in [0.3, 0.4) is 0 Å². The summed E-state index contributed by atoms with van der Waals surface area (Å²) >= 11 is 1.44. The van der Waals surface area contributed by atoms with E-state index in [1.165, 1.54) is 11.8 Å². The van der Waals surface area contributed by atoms with E-state index >= 15 is 0 Å². The minimum absolute atomic E-state index is 0.0390. The highest BCUT2D eigenvalue weighted by molar-refractivity contribution is 8.00. The summed E-state index contributed by atoms with van der Waals surface area (Å²) in [6.07, 6.45) is 4.04. The first kappa shape index (κ1) is 17.7. The van der Waals surface area contributed by atoms with Crippen molar-refractivity contribution in [1.82, 2.24) is 14.8 Å². The van der Waals surface area contributed by atoms with Crippen molar-refractivity contribution in [2.75, 3.05) is 5.32 Å². The van der Waals surface area contributed by atoms with Crippen molar-refractivity contribution >= 4 is 29.1 Å². The minimum atomic E-state index is -0.252. The number of aromatic nitrogens is 3. The summed E-state index contributed by atoms with van der Waals surface area (Å²) in [6, 6.07) is 7.51. The third-order valence-electron chi connectivity index (χ3n) is 4.09. The molecule has 25 heavy (non-hydrogen) atoms. The van der Waals surface area contributed by atoms with E-state index in [9.17, 15) is 9.59 Å². The fourth-order valence-electron chi connectivity index (χ4n) is 2.37. The Morgan fingerprint density at radius 1 is 1.20 bits per heavy atom. The molecule has 1 aliphatic rings. The lowest BCUT2D eigenvalue weighted by atomic mass is 10.1. The largest absolute Gasteiger partial charge is 0.326 e. The van der Waals surface area contributed by atoms with Crippen LogP contribution in [0, 0.1) is 5.92 Å². The topological polar surface area (TPSA) is 76.9 Å². The second-order valence-corrected chi connectivity index (χ2v) is 7.91. The van der Waals surface area contributed by atoms with E-state index < -0.39 is 0 Å². The van der Waals surface area contributed by atoms with Crippen LogP contribution in [-0.2, 0) is 4.79 Å². The van der Waals surface area contributed by atoms with Crippen molar-refractivity contribution < 1.29 is 9.59 Å². The van der Waals surface area contributed by atoms with E-state index in [1.807, 2.05) is 20.8 Å². The monoisotopic (exact) mass is 358 g/mol. The Hall–Kier alpha value is -2.15. The molecule has 1 amide bonds. The van der Waals surface area contributed by atoms with Gasteiger partial charge in [-0.15, -0.1) is 10.2 Å². The number of hydrogen-bond donors (Lipinski definition) is 1. The predicted octanol–water partition coefficient (Wildman–Crippen LogP) is 3.57. The zero-order valence-electron chi connectivity index (χ0n) is 14.6. The van der Waals surface area contributed by atoms with Gasteiger partial charge < -0.3 is 9.88 Å². The maximum Gasteiger partial charge on any atom is 0.226 e. The van der Waals surface area contributed by atoms with Crippen LogP contribution in [0.1, 0.15) is 50.0 Å². The van der Waals surface area contributed by atoms with Crippen molar-refractivity contribution in [3.63, 3.8) is 0 Å². The van der Waals surface area contributed by atoms with E-state index in [1.54, 1.807) is 30.6 Å². The van der Waals surface area contributed by atoms with Gasteiger partial charge in [-0.3, -0.25) is 9.59 Å². The van der Waals surface area contributed by atoms with E-state index in [4.69, 9.17) is 0 Å². The molecule has 1 aromatic heterocycles. The summed E-state index contributed by atoms with van der Waals surface area (Å²) in [5.41, 5.74) is 1.32. The molecule has 1 aliphatic carbocycles. The fraction of sp³-hybridized carbons (Fsp3) is 0.444. The lowest BCUT2D eigenvalue weighted by Crippen LogP contribution is -2.18. The third-order valence-corrected chi connectivity index (χ3v) is 5.16. The maximum atomic E-state index is 12.6. The molecule has 6 nitrogen and oxygen atoms in total. The fourth-order valence-corrected chi connectivity index (χ4v) is 3.34. The maximum absolute atomic E-state index is 12.6. The molecule has 1 N–H and O–H groups in total. The number of carbonyl (C=O) groups is 2. The summed E-state index contributed by atoms with van der Waals surface area (Å²) in [5.74, 6) is -0.0824.